The molecule has 2 heteroatoms. The molecule has 0 atom stereocenters. The van der Waals surface area contributed by atoms with Crippen molar-refractivity contribution in [3.8, 4) is 0 Å². The monoisotopic (exact) mass is 184 g/mol. The van der Waals surface area contributed by atoms with E-state index in [0.29, 0.717) is 12.3 Å². The molecule has 0 aromatic heterocycles. The van der Waals surface area contributed by atoms with E-state index < -0.39 is 5.97 Å². The Morgan fingerprint density at radius 1 is 1.23 bits per heavy atom. The van der Waals surface area contributed by atoms with E-state index in [1.807, 2.05) is 0 Å². The summed E-state index contributed by atoms with van der Waals surface area (Å²) in [4.78, 5) is 10.2. The van der Waals surface area contributed by atoms with Crippen molar-refractivity contribution in [1.29, 1.82) is 0 Å². The molecule has 0 aromatic rings. The van der Waals surface area contributed by atoms with Crippen LogP contribution in [-0.4, -0.2) is 11.1 Å². The summed E-state index contributed by atoms with van der Waals surface area (Å²) >= 11 is 0. The van der Waals surface area contributed by atoms with Gasteiger partial charge in [-0.1, -0.05) is 32.1 Å². The fourth-order valence-electron chi connectivity index (χ4n) is 1.80. The molecule has 1 N–H and O–H groups in total. The molecular weight excluding hydrogens is 164 g/mol. The lowest BCUT2D eigenvalue weighted by molar-refractivity contribution is -0.137. The second kappa shape index (κ2) is 7.84. The standard InChI is InChI=1S/C9H16O2.C2H4/c10-9(11)7-6-8-4-2-1-3-5-8;1-2/h8H,1-7H2,(H,10,11);1-2H2. The second-order valence-electron chi connectivity index (χ2n) is 3.44. The maximum Gasteiger partial charge on any atom is 0.303 e. The Bertz CT molecular complexity index is 137. The third-order valence-electron chi connectivity index (χ3n) is 2.49. The maximum absolute atomic E-state index is 10.2. The number of hydrogen-bond acceptors (Lipinski definition) is 1. The molecule has 0 aromatic carbocycles. The maximum atomic E-state index is 10.2. The van der Waals surface area contributed by atoms with E-state index in [1.54, 1.807) is 0 Å². The largest absolute Gasteiger partial charge is 0.481 e. The Kier molecular flexibility index (Phi) is 7.36. The molecule has 1 aliphatic rings. The Balaban J connectivity index is 0.000000671. The fraction of sp³-hybridized carbons (Fsp3) is 0.727. The first-order chi connectivity index (χ1) is 6.29. The summed E-state index contributed by atoms with van der Waals surface area (Å²) in [5, 5.41) is 8.44. The number of carboxylic acids is 1. The predicted octanol–water partition coefficient (Wildman–Crippen LogP) is 3.23. The first-order valence-electron chi connectivity index (χ1n) is 5.01. The molecule has 1 aliphatic carbocycles. The minimum absolute atomic E-state index is 0.366. The molecule has 0 unspecified atom stereocenters. The van der Waals surface area contributed by atoms with Crippen LogP contribution in [0.1, 0.15) is 44.9 Å². The molecule has 13 heavy (non-hydrogen) atoms. The fourth-order valence-corrected chi connectivity index (χ4v) is 1.80. The molecule has 0 bridgehead atoms. The van der Waals surface area contributed by atoms with Crippen molar-refractivity contribution in [2.24, 2.45) is 5.92 Å². The molecular formula is C11H20O2. The van der Waals surface area contributed by atoms with Gasteiger partial charge in [0.2, 0.25) is 0 Å². The molecule has 2 nitrogen and oxygen atoms in total. The van der Waals surface area contributed by atoms with Crippen molar-refractivity contribution in [3.05, 3.63) is 13.2 Å². The number of hydrogen-bond donors (Lipinski definition) is 1. The third-order valence-corrected chi connectivity index (χ3v) is 2.49. The number of carbonyl (C=O) groups is 1. The van der Waals surface area contributed by atoms with Crippen LogP contribution in [0.25, 0.3) is 0 Å². The SMILES string of the molecule is C=C.O=C(O)CCC1CCCCC1. The van der Waals surface area contributed by atoms with E-state index in [2.05, 4.69) is 13.2 Å². The summed E-state index contributed by atoms with van der Waals surface area (Å²) in [7, 11) is 0. The van der Waals surface area contributed by atoms with E-state index in [1.165, 1.54) is 32.1 Å². The molecule has 1 fully saturated rings. The normalized spacial score (nSPS) is 17.2. The van der Waals surface area contributed by atoms with Crippen molar-refractivity contribution >= 4 is 5.97 Å². The zero-order chi connectivity index (χ0) is 10.1. The molecule has 0 aliphatic heterocycles. The van der Waals surface area contributed by atoms with Crippen molar-refractivity contribution < 1.29 is 9.90 Å². The average Bonchev–Trinajstić information content (AvgIpc) is 2.19. The summed E-state index contributed by atoms with van der Waals surface area (Å²) in [5.41, 5.74) is 0. The number of carboxylic acid groups (broad SMARTS) is 1. The van der Waals surface area contributed by atoms with Gasteiger partial charge >= 0.3 is 5.97 Å². The van der Waals surface area contributed by atoms with Gasteiger partial charge in [-0.25, -0.2) is 0 Å². The number of rotatable bonds is 3. The van der Waals surface area contributed by atoms with Gasteiger partial charge in [0.05, 0.1) is 0 Å². The molecule has 0 spiro atoms. The molecule has 76 valence electrons. The highest BCUT2D eigenvalue weighted by atomic mass is 16.4. The molecule has 0 amide bonds. The highest BCUT2D eigenvalue weighted by Gasteiger charge is 2.13. The van der Waals surface area contributed by atoms with Crippen LogP contribution in [0.15, 0.2) is 13.2 Å². The van der Waals surface area contributed by atoms with Crippen LogP contribution < -0.4 is 0 Å². The van der Waals surface area contributed by atoms with Crippen molar-refractivity contribution in [1.82, 2.24) is 0 Å². The lowest BCUT2D eigenvalue weighted by atomic mass is 9.86. The Morgan fingerprint density at radius 2 is 1.77 bits per heavy atom. The van der Waals surface area contributed by atoms with Gasteiger partial charge in [-0.2, -0.15) is 0 Å². The van der Waals surface area contributed by atoms with Crippen LogP contribution in [0.3, 0.4) is 0 Å². The lowest BCUT2D eigenvalue weighted by Gasteiger charge is -2.20. The predicted molar refractivity (Wildman–Crippen MR) is 54.7 cm³/mol. The van der Waals surface area contributed by atoms with Crippen LogP contribution in [0, 0.1) is 5.92 Å². The second-order valence-corrected chi connectivity index (χ2v) is 3.44. The van der Waals surface area contributed by atoms with Crippen LogP contribution in [-0.2, 0) is 4.79 Å². The Morgan fingerprint density at radius 3 is 2.23 bits per heavy atom. The molecule has 0 radical (unpaired) electrons. The summed E-state index contributed by atoms with van der Waals surface area (Å²) in [5.74, 6) is 0.0652. The van der Waals surface area contributed by atoms with E-state index in [9.17, 15) is 4.79 Å². The molecule has 0 saturated heterocycles. The van der Waals surface area contributed by atoms with Crippen LogP contribution in [0.2, 0.25) is 0 Å². The highest BCUT2D eigenvalue weighted by molar-refractivity contribution is 5.66. The van der Waals surface area contributed by atoms with Crippen molar-refractivity contribution in [3.63, 3.8) is 0 Å². The van der Waals surface area contributed by atoms with Crippen LogP contribution >= 0.6 is 0 Å². The first-order valence-corrected chi connectivity index (χ1v) is 5.01. The van der Waals surface area contributed by atoms with E-state index >= 15 is 0 Å². The van der Waals surface area contributed by atoms with Gasteiger partial charge in [0.15, 0.2) is 0 Å². The highest BCUT2D eigenvalue weighted by Crippen LogP contribution is 2.26. The van der Waals surface area contributed by atoms with Crippen molar-refractivity contribution in [2.45, 2.75) is 44.9 Å². The quantitative estimate of drug-likeness (QED) is 0.684. The molecule has 1 rings (SSSR count). The van der Waals surface area contributed by atoms with Gasteiger partial charge in [-0.05, 0) is 12.3 Å². The Hall–Kier alpha value is -0.790. The zero-order valence-corrected chi connectivity index (χ0v) is 8.30. The summed E-state index contributed by atoms with van der Waals surface area (Å²) in [6.07, 6.45) is 7.75. The minimum atomic E-state index is -0.643. The van der Waals surface area contributed by atoms with E-state index in [0.717, 1.165) is 6.42 Å². The molecule has 1 saturated carbocycles. The van der Waals surface area contributed by atoms with Crippen molar-refractivity contribution in [2.75, 3.05) is 0 Å². The van der Waals surface area contributed by atoms with E-state index in [4.69, 9.17) is 5.11 Å². The van der Waals surface area contributed by atoms with Gasteiger partial charge in [-0.15, -0.1) is 13.2 Å². The van der Waals surface area contributed by atoms with Gasteiger partial charge in [0.25, 0.3) is 0 Å². The summed E-state index contributed by atoms with van der Waals surface area (Å²) < 4.78 is 0. The number of aliphatic carboxylic acids is 1. The average molecular weight is 184 g/mol. The molecule has 0 heterocycles. The van der Waals surface area contributed by atoms with E-state index in [-0.39, 0.29) is 0 Å². The van der Waals surface area contributed by atoms with Gasteiger partial charge in [-0.3, -0.25) is 4.79 Å². The topological polar surface area (TPSA) is 37.3 Å². The Labute approximate surface area is 80.7 Å². The van der Waals surface area contributed by atoms with Crippen LogP contribution in [0.4, 0.5) is 0 Å². The summed E-state index contributed by atoms with van der Waals surface area (Å²) in [6, 6.07) is 0. The van der Waals surface area contributed by atoms with Gasteiger partial charge < -0.3 is 5.11 Å². The third kappa shape index (κ3) is 6.38. The van der Waals surface area contributed by atoms with Gasteiger partial charge in [0, 0.05) is 6.42 Å². The summed E-state index contributed by atoms with van der Waals surface area (Å²) in [6.45, 7) is 6.00. The zero-order valence-electron chi connectivity index (χ0n) is 8.30. The first kappa shape index (κ1) is 12.2. The van der Waals surface area contributed by atoms with Gasteiger partial charge in [0.1, 0.15) is 0 Å². The minimum Gasteiger partial charge on any atom is -0.481 e. The van der Waals surface area contributed by atoms with Crippen LogP contribution in [0.5, 0.6) is 0 Å². The smallest absolute Gasteiger partial charge is 0.303 e. The lowest BCUT2D eigenvalue weighted by Crippen LogP contribution is -2.08.